The number of pyridine rings is 1. The Kier molecular flexibility index (Phi) is 7.02. The van der Waals surface area contributed by atoms with E-state index in [-0.39, 0.29) is 22.0 Å². The van der Waals surface area contributed by atoms with Crippen LogP contribution in [0.5, 0.6) is 0 Å². The van der Waals surface area contributed by atoms with Crippen molar-refractivity contribution in [2.24, 2.45) is 7.05 Å². The van der Waals surface area contributed by atoms with Crippen LogP contribution in [0.15, 0.2) is 18.3 Å². The normalized spacial score (nSPS) is 12.0. The largest absolute Gasteiger partial charge is 0.344 e. The molecule has 2 N–H and O–H groups in total. The van der Waals surface area contributed by atoms with Crippen LogP contribution in [0.4, 0.5) is 18.9 Å². The molecule has 0 fully saturated rings. The summed E-state index contributed by atoms with van der Waals surface area (Å²) < 4.78 is 39.2. The summed E-state index contributed by atoms with van der Waals surface area (Å²) in [7, 11) is 1.45. The molecule has 11 heteroatoms. The first kappa shape index (κ1) is 22.4. The highest BCUT2D eigenvalue weighted by Gasteiger charge is 2.31. The van der Waals surface area contributed by atoms with E-state index < -0.39 is 36.7 Å². The molecule has 156 valence electrons. The van der Waals surface area contributed by atoms with Crippen molar-refractivity contribution in [2.45, 2.75) is 26.3 Å². The van der Waals surface area contributed by atoms with Gasteiger partial charge in [0.05, 0.1) is 11.3 Å². The molecule has 2 heterocycles. The third-order valence-electron chi connectivity index (χ3n) is 4.35. The van der Waals surface area contributed by atoms with Gasteiger partial charge in [-0.25, -0.2) is 18.2 Å². The number of anilines is 1. The second-order valence-electron chi connectivity index (χ2n) is 6.21. The van der Waals surface area contributed by atoms with Gasteiger partial charge in [0.2, 0.25) is 0 Å². The molecule has 0 aliphatic heterocycles. The van der Waals surface area contributed by atoms with Crippen LogP contribution in [0.2, 0.25) is 5.15 Å². The molecule has 0 aromatic carbocycles. The summed E-state index contributed by atoms with van der Waals surface area (Å²) in [5.41, 5.74) is 0.882. The fourth-order valence-electron chi connectivity index (χ4n) is 2.82. The minimum atomic E-state index is -3.17. The van der Waals surface area contributed by atoms with Gasteiger partial charge in [-0.2, -0.15) is 0 Å². The molecule has 0 bridgehead atoms. The Morgan fingerprint density at radius 3 is 2.48 bits per heavy atom. The zero-order chi connectivity index (χ0) is 21.9. The van der Waals surface area contributed by atoms with Gasteiger partial charge >= 0.3 is 0 Å². The maximum absolute atomic E-state index is 12.7. The van der Waals surface area contributed by atoms with Gasteiger partial charge in [0.1, 0.15) is 17.9 Å². The van der Waals surface area contributed by atoms with Crippen LogP contribution in [0.3, 0.4) is 0 Å². The van der Waals surface area contributed by atoms with Gasteiger partial charge in [-0.05, 0) is 31.5 Å². The first-order valence-electron chi connectivity index (χ1n) is 8.36. The predicted octanol–water partition coefficient (Wildman–Crippen LogP) is 2.84. The molecule has 1 unspecified atom stereocenters. The first-order valence-corrected chi connectivity index (χ1v) is 8.74. The Bertz CT molecular complexity index is 962. The Morgan fingerprint density at radius 1 is 1.28 bits per heavy atom. The Balaban J connectivity index is 2.33. The van der Waals surface area contributed by atoms with Crippen LogP contribution in [-0.4, -0.2) is 46.3 Å². The fraction of sp³-hybridized carbons (Fsp3) is 0.333. The van der Waals surface area contributed by atoms with Gasteiger partial charge in [0.25, 0.3) is 24.0 Å². The van der Waals surface area contributed by atoms with Crippen LogP contribution < -0.4 is 10.6 Å². The summed E-state index contributed by atoms with van der Waals surface area (Å²) >= 11 is 5.78. The quantitative estimate of drug-likeness (QED) is 0.401. The molecule has 1 atom stereocenters. The summed E-state index contributed by atoms with van der Waals surface area (Å²) in [5, 5.41) is 4.45. The zero-order valence-electron chi connectivity index (χ0n) is 15.7. The standard InChI is InChI=1S/C18H18ClF3N4O3/c1-8-13(17(28)24-10-4-5-23-12(19)6-10)9(2)26(3)14(8)15(27)18(29)25-11(7-20)16(21)22/h4-6,11,16H,7H2,1-3H3,(H,25,29)(H,23,24,28). The molecule has 0 saturated carbocycles. The number of nitrogens with zero attached hydrogens (tertiary/aromatic N) is 2. The maximum atomic E-state index is 12.7. The summed E-state index contributed by atoms with van der Waals surface area (Å²) in [6, 6.07) is 0.846. The summed E-state index contributed by atoms with van der Waals surface area (Å²) in [5.74, 6) is -3.10. The van der Waals surface area contributed by atoms with Gasteiger partial charge in [0, 0.05) is 24.6 Å². The number of Topliss-reactive ketones (excluding diaryl/α,β-unsaturated/α-hetero) is 1. The van der Waals surface area contributed by atoms with Crippen molar-refractivity contribution >= 4 is 34.9 Å². The number of carbonyl (C=O) groups excluding carboxylic acids is 3. The molecule has 2 aromatic rings. The van der Waals surface area contributed by atoms with Gasteiger partial charge in [-0.3, -0.25) is 14.4 Å². The summed E-state index contributed by atoms with van der Waals surface area (Å²) in [4.78, 5) is 41.0. The lowest BCUT2D eigenvalue weighted by Crippen LogP contribution is -2.45. The predicted molar refractivity (Wildman–Crippen MR) is 100 cm³/mol. The van der Waals surface area contributed by atoms with E-state index in [1.54, 1.807) is 12.2 Å². The number of aromatic nitrogens is 2. The molecule has 2 aromatic heterocycles. The molecule has 0 saturated heterocycles. The number of ketones is 1. The summed E-state index contributed by atoms with van der Waals surface area (Å²) in [6.45, 7) is 1.48. The van der Waals surface area contributed by atoms with Crippen molar-refractivity contribution < 1.29 is 27.6 Å². The topological polar surface area (TPSA) is 93.1 Å². The third-order valence-corrected chi connectivity index (χ3v) is 4.56. The number of hydrogen-bond acceptors (Lipinski definition) is 4. The van der Waals surface area contributed by atoms with E-state index >= 15 is 0 Å². The van der Waals surface area contributed by atoms with Gasteiger partial charge in [0.15, 0.2) is 0 Å². The number of nitrogens with one attached hydrogen (secondary N) is 2. The maximum Gasteiger partial charge on any atom is 0.294 e. The lowest BCUT2D eigenvalue weighted by molar-refractivity contribution is -0.119. The van der Waals surface area contributed by atoms with Crippen molar-refractivity contribution in [2.75, 3.05) is 12.0 Å². The molecule has 29 heavy (non-hydrogen) atoms. The number of amides is 2. The highest BCUT2D eigenvalue weighted by atomic mass is 35.5. The Labute approximate surface area is 169 Å². The number of halogens is 4. The number of carbonyl (C=O) groups is 3. The van der Waals surface area contributed by atoms with Crippen molar-refractivity contribution in [1.82, 2.24) is 14.9 Å². The zero-order valence-corrected chi connectivity index (χ0v) is 16.5. The molecular formula is C18H18ClF3N4O3. The Hall–Kier alpha value is -2.88. The molecule has 2 rings (SSSR count). The number of hydrogen-bond donors (Lipinski definition) is 2. The van der Waals surface area contributed by atoms with Crippen molar-refractivity contribution in [3.63, 3.8) is 0 Å². The van der Waals surface area contributed by atoms with Gasteiger partial charge in [-0.1, -0.05) is 11.6 Å². The molecule has 0 aliphatic rings. The number of alkyl halides is 3. The van der Waals surface area contributed by atoms with E-state index in [4.69, 9.17) is 11.6 Å². The highest BCUT2D eigenvalue weighted by Crippen LogP contribution is 2.23. The van der Waals surface area contributed by atoms with Crippen LogP contribution in [-0.2, 0) is 11.8 Å². The molecule has 0 aliphatic carbocycles. The van der Waals surface area contributed by atoms with E-state index in [1.165, 1.54) is 36.9 Å². The fourth-order valence-corrected chi connectivity index (χ4v) is 2.99. The second kappa shape index (κ2) is 9.08. The van der Waals surface area contributed by atoms with E-state index in [2.05, 4.69) is 10.3 Å². The van der Waals surface area contributed by atoms with Crippen LogP contribution in [0.1, 0.15) is 32.1 Å². The summed E-state index contributed by atoms with van der Waals surface area (Å²) in [6.07, 6.45) is -1.77. The average molecular weight is 431 g/mol. The molecule has 0 spiro atoms. The van der Waals surface area contributed by atoms with E-state index in [0.717, 1.165) is 0 Å². The van der Waals surface area contributed by atoms with Crippen LogP contribution >= 0.6 is 11.6 Å². The van der Waals surface area contributed by atoms with Crippen LogP contribution in [0.25, 0.3) is 0 Å². The Morgan fingerprint density at radius 2 is 1.93 bits per heavy atom. The second-order valence-corrected chi connectivity index (χ2v) is 6.60. The highest BCUT2D eigenvalue weighted by molar-refractivity contribution is 6.43. The minimum Gasteiger partial charge on any atom is -0.344 e. The average Bonchev–Trinajstić information content (AvgIpc) is 2.87. The number of rotatable bonds is 7. The minimum absolute atomic E-state index is 0.132. The molecule has 7 nitrogen and oxygen atoms in total. The molecule has 2 amide bonds. The van der Waals surface area contributed by atoms with Gasteiger partial charge in [-0.15, -0.1) is 0 Å². The van der Waals surface area contributed by atoms with Crippen molar-refractivity contribution in [3.8, 4) is 0 Å². The third kappa shape index (κ3) is 4.76. The van der Waals surface area contributed by atoms with E-state index in [9.17, 15) is 27.6 Å². The molecular weight excluding hydrogens is 413 g/mol. The van der Waals surface area contributed by atoms with Crippen molar-refractivity contribution in [1.29, 1.82) is 0 Å². The van der Waals surface area contributed by atoms with Crippen LogP contribution in [0, 0.1) is 13.8 Å². The van der Waals surface area contributed by atoms with Crippen molar-refractivity contribution in [3.05, 3.63) is 46.0 Å². The molecule has 0 radical (unpaired) electrons. The van der Waals surface area contributed by atoms with E-state index in [1.807, 2.05) is 0 Å². The van der Waals surface area contributed by atoms with E-state index in [0.29, 0.717) is 11.4 Å². The van der Waals surface area contributed by atoms with Gasteiger partial charge < -0.3 is 15.2 Å². The lowest BCUT2D eigenvalue weighted by atomic mass is 10.1. The monoisotopic (exact) mass is 430 g/mol. The smallest absolute Gasteiger partial charge is 0.294 e. The first-order chi connectivity index (χ1) is 13.6. The lowest BCUT2D eigenvalue weighted by Gasteiger charge is -2.14. The SMILES string of the molecule is Cc1c(C(=O)Nc2ccnc(Cl)c2)c(C)n(C)c1C(=O)C(=O)NC(CF)C(F)F.